The standard InChI is InChI=1S/C25H24F4N6OS2/c1-11-9-34(10-12(2)31-11)22-14-8-15(25(27,28)29)17(13-4-5-16(26)20-18(13)32-23(30)38-20)21-19(14)35(24(36)33-22)6-3-7-37-21/h4-5,8,11-12,31H,3,6-7,9-10H2,1-2H3,(H2,30,32). The Morgan fingerprint density at radius 3 is 2.61 bits per heavy atom. The smallest absolute Gasteiger partial charge is 0.375 e. The molecule has 200 valence electrons. The molecular weight excluding hydrogens is 540 g/mol. The molecule has 2 unspecified atom stereocenters. The average Bonchev–Trinajstić information content (AvgIpc) is 3.09. The first-order valence-corrected chi connectivity index (χ1v) is 14.0. The maximum atomic E-state index is 14.8. The maximum absolute atomic E-state index is 14.8. The lowest BCUT2D eigenvalue weighted by Crippen LogP contribution is -2.55. The van der Waals surface area contributed by atoms with Gasteiger partial charge in [-0.05, 0) is 44.2 Å². The number of alkyl halides is 3. The Bertz CT molecular complexity index is 1640. The number of halogens is 4. The van der Waals surface area contributed by atoms with Gasteiger partial charge in [-0.2, -0.15) is 18.2 Å². The van der Waals surface area contributed by atoms with Gasteiger partial charge in [-0.3, -0.25) is 4.57 Å². The number of thiazole rings is 1. The Kier molecular flexibility index (Phi) is 6.07. The van der Waals surface area contributed by atoms with Gasteiger partial charge in [0.1, 0.15) is 11.6 Å². The summed E-state index contributed by atoms with van der Waals surface area (Å²) in [6.07, 6.45) is -4.15. The van der Waals surface area contributed by atoms with Crippen molar-refractivity contribution in [1.29, 1.82) is 0 Å². The largest absolute Gasteiger partial charge is 0.417 e. The van der Waals surface area contributed by atoms with E-state index in [4.69, 9.17) is 5.73 Å². The van der Waals surface area contributed by atoms with Crippen LogP contribution in [0.4, 0.5) is 28.5 Å². The Morgan fingerprint density at radius 1 is 1.16 bits per heavy atom. The second kappa shape index (κ2) is 9.09. The molecule has 0 saturated carbocycles. The van der Waals surface area contributed by atoms with Crippen molar-refractivity contribution in [2.75, 3.05) is 29.5 Å². The van der Waals surface area contributed by atoms with Crippen LogP contribution in [-0.4, -0.2) is 45.5 Å². The SMILES string of the molecule is CC1CN(c2nc(=O)n3c4c(c(-c5ccc(F)c6sc(N)nc56)c(C(F)(F)F)cc24)SCCC3)CC(C)N1. The zero-order valence-corrected chi connectivity index (χ0v) is 22.2. The van der Waals surface area contributed by atoms with Crippen LogP contribution in [-0.2, 0) is 12.7 Å². The fourth-order valence-corrected chi connectivity index (χ4v) is 7.53. The van der Waals surface area contributed by atoms with Gasteiger partial charge in [0.25, 0.3) is 0 Å². The van der Waals surface area contributed by atoms with Gasteiger partial charge in [0.15, 0.2) is 5.13 Å². The minimum absolute atomic E-state index is 0.0598. The van der Waals surface area contributed by atoms with E-state index in [0.29, 0.717) is 42.2 Å². The van der Waals surface area contributed by atoms with Crippen molar-refractivity contribution in [2.24, 2.45) is 0 Å². The lowest BCUT2D eigenvalue weighted by Gasteiger charge is -2.37. The van der Waals surface area contributed by atoms with Crippen molar-refractivity contribution >= 4 is 55.2 Å². The van der Waals surface area contributed by atoms with Crippen LogP contribution in [0.15, 0.2) is 27.9 Å². The van der Waals surface area contributed by atoms with Gasteiger partial charge >= 0.3 is 11.9 Å². The number of rotatable bonds is 2. The zero-order chi connectivity index (χ0) is 26.9. The number of piperazine rings is 1. The fraction of sp³-hybridized carbons (Fsp3) is 0.400. The van der Waals surface area contributed by atoms with Crippen molar-refractivity contribution in [3.8, 4) is 11.1 Å². The molecular formula is C25H24F4N6OS2. The summed E-state index contributed by atoms with van der Waals surface area (Å²) in [5.74, 6) is 0.158. The van der Waals surface area contributed by atoms with Crippen LogP contribution in [0.25, 0.3) is 32.2 Å². The van der Waals surface area contributed by atoms with Gasteiger partial charge in [0.05, 0.1) is 21.3 Å². The number of aryl methyl sites for hydroxylation is 1. The van der Waals surface area contributed by atoms with E-state index in [1.165, 1.54) is 22.4 Å². The molecule has 13 heteroatoms. The van der Waals surface area contributed by atoms with E-state index in [1.807, 2.05) is 18.7 Å². The van der Waals surface area contributed by atoms with E-state index >= 15 is 0 Å². The van der Waals surface area contributed by atoms with Crippen LogP contribution < -0.4 is 21.6 Å². The molecule has 1 saturated heterocycles. The highest BCUT2D eigenvalue weighted by Gasteiger charge is 2.39. The summed E-state index contributed by atoms with van der Waals surface area (Å²) in [5.41, 5.74) is 4.99. The molecule has 2 aromatic carbocycles. The molecule has 0 radical (unpaired) electrons. The third-order valence-electron chi connectivity index (χ3n) is 6.91. The van der Waals surface area contributed by atoms with Crippen LogP contribution in [0.2, 0.25) is 0 Å². The first kappa shape index (κ1) is 25.4. The number of nitrogen functional groups attached to an aromatic ring is 1. The number of nitrogens with one attached hydrogen (secondary N) is 1. The molecule has 2 aromatic heterocycles. The van der Waals surface area contributed by atoms with Gasteiger partial charge in [-0.15, -0.1) is 11.8 Å². The van der Waals surface area contributed by atoms with Gasteiger partial charge in [0.2, 0.25) is 0 Å². The molecule has 38 heavy (non-hydrogen) atoms. The number of hydrogen-bond donors (Lipinski definition) is 2. The maximum Gasteiger partial charge on any atom is 0.417 e. The highest BCUT2D eigenvalue weighted by molar-refractivity contribution is 7.99. The number of fused-ring (bicyclic) bond motifs is 1. The van der Waals surface area contributed by atoms with Crippen molar-refractivity contribution in [2.45, 2.75) is 50.0 Å². The van der Waals surface area contributed by atoms with Crippen LogP contribution in [0, 0.1) is 5.82 Å². The van der Waals surface area contributed by atoms with Crippen molar-refractivity contribution in [1.82, 2.24) is 19.9 Å². The Labute approximate surface area is 223 Å². The molecule has 2 aliphatic heterocycles. The number of thioether (sulfide) groups is 1. The molecule has 0 aliphatic carbocycles. The van der Waals surface area contributed by atoms with Crippen LogP contribution >= 0.6 is 23.1 Å². The van der Waals surface area contributed by atoms with E-state index < -0.39 is 23.2 Å². The van der Waals surface area contributed by atoms with E-state index in [0.717, 1.165) is 23.5 Å². The summed E-state index contributed by atoms with van der Waals surface area (Å²) in [6, 6.07) is 3.68. The van der Waals surface area contributed by atoms with E-state index in [9.17, 15) is 22.4 Å². The highest BCUT2D eigenvalue weighted by Crippen LogP contribution is 2.50. The summed E-state index contributed by atoms with van der Waals surface area (Å²) < 4.78 is 60.6. The predicted molar refractivity (Wildman–Crippen MR) is 144 cm³/mol. The van der Waals surface area contributed by atoms with Gasteiger partial charge in [-0.25, -0.2) is 14.2 Å². The second-order valence-corrected chi connectivity index (χ2v) is 11.9. The topological polar surface area (TPSA) is 89.1 Å². The molecule has 0 bridgehead atoms. The highest BCUT2D eigenvalue weighted by atomic mass is 32.2. The van der Waals surface area contributed by atoms with Gasteiger partial charge < -0.3 is 16.0 Å². The van der Waals surface area contributed by atoms with Crippen molar-refractivity contribution in [3.63, 3.8) is 0 Å². The molecule has 6 rings (SSSR count). The van der Waals surface area contributed by atoms with E-state index in [2.05, 4.69) is 15.3 Å². The fourth-order valence-electron chi connectivity index (χ4n) is 5.56. The Morgan fingerprint density at radius 2 is 1.89 bits per heavy atom. The second-order valence-electron chi connectivity index (χ2n) is 9.79. The number of nitrogens with zero attached hydrogens (tertiary/aromatic N) is 4. The summed E-state index contributed by atoms with van der Waals surface area (Å²) in [7, 11) is 0. The van der Waals surface area contributed by atoms with Crippen molar-refractivity contribution < 1.29 is 17.6 Å². The number of benzene rings is 2. The van der Waals surface area contributed by atoms with Gasteiger partial charge in [0, 0.05) is 53.1 Å². The normalized spacial score (nSPS) is 20.3. The molecule has 4 heterocycles. The lowest BCUT2D eigenvalue weighted by atomic mass is 9.95. The Hall–Kier alpha value is -2.90. The summed E-state index contributed by atoms with van der Waals surface area (Å²) in [5, 5.41) is 3.74. The minimum atomic E-state index is -4.74. The third kappa shape index (κ3) is 4.11. The summed E-state index contributed by atoms with van der Waals surface area (Å²) >= 11 is 2.16. The molecule has 2 atom stereocenters. The number of aromatic nitrogens is 3. The monoisotopic (exact) mass is 564 g/mol. The van der Waals surface area contributed by atoms with Crippen LogP contribution in [0.3, 0.4) is 0 Å². The zero-order valence-electron chi connectivity index (χ0n) is 20.5. The lowest BCUT2D eigenvalue weighted by molar-refractivity contribution is -0.137. The van der Waals surface area contributed by atoms with Crippen LogP contribution in [0.1, 0.15) is 25.8 Å². The average molecular weight is 565 g/mol. The summed E-state index contributed by atoms with van der Waals surface area (Å²) in [6.45, 7) is 5.31. The molecule has 3 N–H and O–H groups in total. The molecule has 2 aliphatic rings. The molecule has 0 amide bonds. The van der Waals surface area contributed by atoms with Gasteiger partial charge in [-0.1, -0.05) is 11.3 Å². The molecule has 7 nitrogen and oxygen atoms in total. The quantitative estimate of drug-likeness (QED) is 0.328. The van der Waals surface area contributed by atoms with Crippen LogP contribution in [0.5, 0.6) is 0 Å². The summed E-state index contributed by atoms with van der Waals surface area (Å²) in [4.78, 5) is 24.1. The molecule has 1 fully saturated rings. The van der Waals surface area contributed by atoms with Crippen molar-refractivity contribution in [3.05, 3.63) is 40.1 Å². The number of anilines is 2. The number of nitrogens with two attached hydrogens (primary N) is 1. The minimum Gasteiger partial charge on any atom is -0.375 e. The first-order valence-electron chi connectivity index (χ1n) is 12.2. The third-order valence-corrected chi connectivity index (χ3v) is 8.99. The Balaban J connectivity index is 1.75. The van der Waals surface area contributed by atoms with E-state index in [-0.39, 0.29) is 49.8 Å². The molecule has 4 aromatic rings. The number of hydrogen-bond acceptors (Lipinski definition) is 8. The predicted octanol–water partition coefficient (Wildman–Crippen LogP) is 5.10. The first-order chi connectivity index (χ1) is 18.0. The van der Waals surface area contributed by atoms with E-state index in [1.54, 1.807) is 0 Å². The molecule has 0 spiro atoms.